The summed E-state index contributed by atoms with van der Waals surface area (Å²) in [5, 5.41) is 4.05. The van der Waals surface area contributed by atoms with E-state index >= 15 is 0 Å². The minimum Gasteiger partial charge on any atom is -0.254 e. The summed E-state index contributed by atoms with van der Waals surface area (Å²) in [6.07, 6.45) is 0. The highest BCUT2D eigenvalue weighted by Crippen LogP contribution is 2.17. The van der Waals surface area contributed by atoms with Crippen LogP contribution in [0.5, 0.6) is 0 Å². The Hall–Kier alpha value is -0.450. The molecule has 1 nitrogen and oxygen atoms in total. The summed E-state index contributed by atoms with van der Waals surface area (Å²) >= 11 is 5.00. The molecule has 0 N–H and O–H groups in total. The normalized spacial score (nSPS) is 12.6. The van der Waals surface area contributed by atoms with Gasteiger partial charge in [0.1, 0.15) is 0 Å². The molecule has 1 heterocycles. The van der Waals surface area contributed by atoms with E-state index in [0.29, 0.717) is 5.75 Å². The molecule has 0 radical (unpaired) electrons. The third-order valence-electron chi connectivity index (χ3n) is 1.95. The van der Waals surface area contributed by atoms with Gasteiger partial charge in [0.15, 0.2) is 0 Å². The molecule has 0 amide bonds. The molecule has 2 rings (SSSR count). The van der Waals surface area contributed by atoms with Crippen LogP contribution in [0.2, 0.25) is 0 Å². The molecule has 0 aliphatic carbocycles. The zero-order valence-corrected chi connectivity index (χ0v) is 11.1. The van der Waals surface area contributed by atoms with E-state index in [1.54, 1.807) is 11.3 Å². The van der Waals surface area contributed by atoms with E-state index in [4.69, 9.17) is 0 Å². The van der Waals surface area contributed by atoms with Crippen LogP contribution in [0.1, 0.15) is 5.56 Å². The van der Waals surface area contributed by atoms with Gasteiger partial charge in [-0.2, -0.15) is 11.3 Å². The van der Waals surface area contributed by atoms with Crippen LogP contribution in [0.3, 0.4) is 0 Å². The molecule has 15 heavy (non-hydrogen) atoms. The summed E-state index contributed by atoms with van der Waals surface area (Å²) in [6, 6.07) is 9.64. The van der Waals surface area contributed by atoms with Gasteiger partial charge in [-0.15, -0.1) is 0 Å². The molecule has 1 unspecified atom stereocenters. The van der Waals surface area contributed by atoms with Crippen LogP contribution in [0.4, 0.5) is 0 Å². The number of hydrogen-bond acceptors (Lipinski definition) is 2. The molecular weight excluding hydrogens is 292 g/mol. The van der Waals surface area contributed by atoms with Gasteiger partial charge >= 0.3 is 0 Å². The Balaban J connectivity index is 2.11. The lowest BCUT2D eigenvalue weighted by Gasteiger charge is -2.00. The van der Waals surface area contributed by atoms with Crippen LogP contribution in [-0.2, 0) is 16.6 Å². The molecule has 1 aromatic heterocycles. The molecule has 0 saturated carbocycles. The first-order valence-corrected chi connectivity index (χ1v) is 7.46. The van der Waals surface area contributed by atoms with Gasteiger partial charge < -0.3 is 0 Å². The number of rotatable bonds is 3. The minimum absolute atomic E-state index is 0.602. The van der Waals surface area contributed by atoms with Crippen LogP contribution in [0.25, 0.3) is 0 Å². The second kappa shape index (κ2) is 5.05. The van der Waals surface area contributed by atoms with Crippen LogP contribution < -0.4 is 0 Å². The predicted molar refractivity (Wildman–Crippen MR) is 68.6 cm³/mol. The third kappa shape index (κ3) is 3.00. The van der Waals surface area contributed by atoms with Crippen molar-refractivity contribution in [1.29, 1.82) is 0 Å². The van der Waals surface area contributed by atoms with Crippen LogP contribution >= 0.6 is 27.3 Å². The molecule has 0 saturated heterocycles. The van der Waals surface area contributed by atoms with Crippen molar-refractivity contribution < 1.29 is 4.21 Å². The van der Waals surface area contributed by atoms with Crippen LogP contribution in [0, 0.1) is 0 Å². The maximum atomic E-state index is 11.9. The Morgan fingerprint density at radius 1 is 1.20 bits per heavy atom. The SMILES string of the molecule is O=S(Cc1ccsc1)c1ccc(Br)cc1. The first kappa shape index (κ1) is 11.0. The standard InChI is InChI=1S/C11H9BrOS2/c12-10-1-3-11(4-2-10)15(13)8-9-5-6-14-7-9/h1-7H,8H2. The van der Waals surface area contributed by atoms with E-state index < -0.39 is 10.8 Å². The molecule has 1 atom stereocenters. The summed E-state index contributed by atoms with van der Waals surface area (Å²) in [5.74, 6) is 0.602. The lowest BCUT2D eigenvalue weighted by Crippen LogP contribution is -1.94. The Labute approximate surface area is 104 Å². The fraction of sp³-hybridized carbons (Fsp3) is 0.0909. The minimum atomic E-state index is -0.935. The van der Waals surface area contributed by atoms with E-state index in [1.165, 1.54) is 0 Å². The Morgan fingerprint density at radius 2 is 1.93 bits per heavy atom. The highest BCUT2D eigenvalue weighted by Gasteiger charge is 2.04. The molecule has 2 aromatic rings. The van der Waals surface area contributed by atoms with Crippen molar-refractivity contribution in [3.8, 4) is 0 Å². The van der Waals surface area contributed by atoms with E-state index in [1.807, 2.05) is 41.1 Å². The van der Waals surface area contributed by atoms with Crippen molar-refractivity contribution in [2.24, 2.45) is 0 Å². The molecule has 0 aliphatic heterocycles. The first-order chi connectivity index (χ1) is 7.25. The summed E-state index contributed by atoms with van der Waals surface area (Å²) < 4.78 is 12.9. The molecule has 0 fully saturated rings. The highest BCUT2D eigenvalue weighted by atomic mass is 79.9. The molecule has 78 valence electrons. The summed E-state index contributed by atoms with van der Waals surface area (Å²) in [6.45, 7) is 0. The average Bonchev–Trinajstić information content (AvgIpc) is 2.71. The number of halogens is 1. The van der Waals surface area contributed by atoms with Crippen molar-refractivity contribution in [2.45, 2.75) is 10.6 Å². The molecule has 0 aliphatic rings. The predicted octanol–water partition coefficient (Wildman–Crippen LogP) is 3.82. The van der Waals surface area contributed by atoms with E-state index in [9.17, 15) is 4.21 Å². The molecule has 0 spiro atoms. The Kier molecular flexibility index (Phi) is 3.72. The zero-order chi connectivity index (χ0) is 10.7. The maximum absolute atomic E-state index is 11.9. The maximum Gasteiger partial charge on any atom is 0.0574 e. The average molecular weight is 301 g/mol. The number of hydrogen-bond donors (Lipinski definition) is 0. The summed E-state index contributed by atoms with van der Waals surface area (Å²) in [7, 11) is -0.935. The smallest absolute Gasteiger partial charge is 0.0574 e. The summed E-state index contributed by atoms with van der Waals surface area (Å²) in [5.41, 5.74) is 1.14. The zero-order valence-electron chi connectivity index (χ0n) is 7.85. The lowest BCUT2D eigenvalue weighted by molar-refractivity contribution is 0.682. The van der Waals surface area contributed by atoms with Gasteiger partial charge in [0.2, 0.25) is 0 Å². The first-order valence-electron chi connectivity index (χ1n) is 4.41. The van der Waals surface area contributed by atoms with Crippen LogP contribution in [0.15, 0.2) is 50.5 Å². The quantitative estimate of drug-likeness (QED) is 0.842. The molecular formula is C11H9BrOS2. The van der Waals surface area contributed by atoms with Gasteiger partial charge in [-0.25, -0.2) is 0 Å². The van der Waals surface area contributed by atoms with Gasteiger partial charge in [-0.05, 0) is 46.7 Å². The van der Waals surface area contributed by atoms with Gasteiger partial charge in [0.05, 0.1) is 16.6 Å². The number of thiophene rings is 1. The number of benzene rings is 1. The van der Waals surface area contributed by atoms with Crippen molar-refractivity contribution in [3.63, 3.8) is 0 Å². The van der Waals surface area contributed by atoms with E-state index in [-0.39, 0.29) is 0 Å². The van der Waals surface area contributed by atoms with Gasteiger partial charge in [-0.1, -0.05) is 15.9 Å². The van der Waals surface area contributed by atoms with Crippen molar-refractivity contribution >= 4 is 38.1 Å². The highest BCUT2D eigenvalue weighted by molar-refractivity contribution is 9.10. The molecule has 4 heteroatoms. The largest absolute Gasteiger partial charge is 0.254 e. The third-order valence-corrected chi connectivity index (χ3v) is 4.61. The van der Waals surface area contributed by atoms with Crippen molar-refractivity contribution in [3.05, 3.63) is 51.1 Å². The lowest BCUT2D eigenvalue weighted by atomic mass is 10.4. The van der Waals surface area contributed by atoms with Crippen molar-refractivity contribution in [2.75, 3.05) is 0 Å². The van der Waals surface area contributed by atoms with Crippen LogP contribution in [-0.4, -0.2) is 4.21 Å². The van der Waals surface area contributed by atoms with Gasteiger partial charge in [0, 0.05) is 9.37 Å². The van der Waals surface area contributed by atoms with E-state index in [2.05, 4.69) is 15.9 Å². The summed E-state index contributed by atoms with van der Waals surface area (Å²) in [4.78, 5) is 0.879. The van der Waals surface area contributed by atoms with E-state index in [0.717, 1.165) is 14.9 Å². The van der Waals surface area contributed by atoms with Crippen molar-refractivity contribution in [1.82, 2.24) is 0 Å². The fourth-order valence-corrected chi connectivity index (χ4v) is 3.32. The monoisotopic (exact) mass is 300 g/mol. The topological polar surface area (TPSA) is 17.1 Å². The fourth-order valence-electron chi connectivity index (χ4n) is 1.20. The second-order valence-electron chi connectivity index (χ2n) is 3.08. The second-order valence-corrected chi connectivity index (χ2v) is 6.22. The van der Waals surface area contributed by atoms with Gasteiger partial charge in [0.25, 0.3) is 0 Å². The molecule has 0 bridgehead atoms. The van der Waals surface area contributed by atoms with Gasteiger partial charge in [-0.3, -0.25) is 4.21 Å². The Morgan fingerprint density at radius 3 is 2.53 bits per heavy atom. The Bertz CT molecular complexity index is 448. The molecule has 1 aromatic carbocycles.